The van der Waals surface area contributed by atoms with E-state index in [0.29, 0.717) is 27.5 Å². The van der Waals surface area contributed by atoms with Crippen LogP contribution in [0.25, 0.3) is 44.7 Å². The molecule has 190 valence electrons. The van der Waals surface area contributed by atoms with Crippen molar-refractivity contribution in [2.75, 3.05) is 0 Å². The van der Waals surface area contributed by atoms with Gasteiger partial charge in [0.2, 0.25) is 0 Å². The van der Waals surface area contributed by atoms with Crippen LogP contribution in [0.4, 0.5) is 26.3 Å². The molecule has 3 aromatic heterocycles. The van der Waals surface area contributed by atoms with Crippen molar-refractivity contribution in [3.63, 3.8) is 0 Å². The second kappa shape index (κ2) is 8.83. The molecule has 0 aliphatic heterocycles. The number of hydrogen-bond acceptors (Lipinski definition) is 5. The van der Waals surface area contributed by atoms with E-state index in [1.807, 2.05) is 0 Å². The Morgan fingerprint density at radius 1 is 0.595 bits per heavy atom. The highest BCUT2D eigenvalue weighted by Gasteiger charge is 2.35. The fourth-order valence-corrected chi connectivity index (χ4v) is 4.42. The number of halogens is 6. The van der Waals surface area contributed by atoms with Gasteiger partial charge in [-0.1, -0.05) is 48.5 Å². The molecule has 0 atom stereocenters. The highest BCUT2D eigenvalue weighted by atomic mass is 32.1. The molecule has 5 rings (SSSR count). The van der Waals surface area contributed by atoms with Gasteiger partial charge in [-0.3, -0.25) is 0 Å². The summed E-state index contributed by atoms with van der Waals surface area (Å²) in [4.78, 5) is 11.9. The van der Waals surface area contributed by atoms with E-state index in [0.717, 1.165) is 29.5 Å². The molecule has 3 heterocycles. The first-order chi connectivity index (χ1) is 17.4. The number of benzene rings is 2. The van der Waals surface area contributed by atoms with Crippen molar-refractivity contribution in [1.29, 1.82) is 0 Å². The number of nitrogens with zero attached hydrogens (tertiary/aromatic N) is 6. The predicted octanol–water partition coefficient (Wildman–Crippen LogP) is 6.71. The maximum absolute atomic E-state index is 13.0. The molecule has 0 radical (unpaired) electrons. The number of aryl methyl sites for hydroxylation is 2. The molecule has 0 bridgehead atoms. The molecule has 0 fully saturated rings. The lowest BCUT2D eigenvalue weighted by atomic mass is 10.1. The molecule has 2 aromatic carbocycles. The molecule has 0 aliphatic rings. The zero-order valence-corrected chi connectivity index (χ0v) is 19.9. The first-order valence-electron chi connectivity index (χ1n) is 10.7. The molecular weight excluding hydrogens is 518 g/mol. The van der Waals surface area contributed by atoms with Crippen LogP contribution < -0.4 is 0 Å². The molecule has 0 amide bonds. The van der Waals surface area contributed by atoms with E-state index in [4.69, 9.17) is 0 Å². The number of alkyl halides is 6. The van der Waals surface area contributed by atoms with Gasteiger partial charge in [0.05, 0.1) is 0 Å². The normalized spacial score (nSPS) is 12.3. The highest BCUT2D eigenvalue weighted by molar-refractivity contribution is 7.09. The van der Waals surface area contributed by atoms with Gasteiger partial charge >= 0.3 is 12.4 Å². The molecule has 0 saturated carbocycles. The summed E-state index contributed by atoms with van der Waals surface area (Å²) in [6, 6.07) is 13.5. The third kappa shape index (κ3) is 4.86. The summed E-state index contributed by atoms with van der Waals surface area (Å²) in [5.41, 5.74) is 0.496. The third-order valence-corrected chi connectivity index (χ3v) is 6.32. The zero-order chi connectivity index (χ0) is 26.5. The van der Waals surface area contributed by atoms with Crippen LogP contribution in [0.2, 0.25) is 0 Å². The summed E-state index contributed by atoms with van der Waals surface area (Å²) < 4.78 is 84.8. The lowest BCUT2D eigenvalue weighted by Crippen LogP contribution is -2.04. The number of imidazole rings is 2. The molecule has 0 unspecified atom stereocenters. The van der Waals surface area contributed by atoms with Crippen LogP contribution in [0.3, 0.4) is 0 Å². The van der Waals surface area contributed by atoms with Gasteiger partial charge in [0.15, 0.2) is 17.2 Å². The second-order valence-corrected chi connectivity index (χ2v) is 8.95. The fraction of sp³-hybridized carbons (Fsp3) is 0.167. The average molecular weight is 534 g/mol. The molecule has 5 aromatic rings. The Morgan fingerprint density at radius 3 is 1.41 bits per heavy atom. The minimum absolute atomic E-state index is 0.181. The molecule has 0 N–H and O–H groups in total. The second-order valence-electron chi connectivity index (χ2n) is 8.19. The van der Waals surface area contributed by atoms with E-state index in [2.05, 4.69) is 19.3 Å². The third-order valence-electron chi connectivity index (χ3n) is 5.55. The lowest BCUT2D eigenvalue weighted by molar-refractivity contribution is -0.141. The molecule has 6 nitrogen and oxygen atoms in total. The van der Waals surface area contributed by atoms with Gasteiger partial charge in [0, 0.05) is 48.7 Å². The fourth-order valence-electron chi connectivity index (χ4n) is 3.73. The number of rotatable bonds is 4. The van der Waals surface area contributed by atoms with Gasteiger partial charge in [-0.15, -0.1) is 0 Å². The van der Waals surface area contributed by atoms with Crippen molar-refractivity contribution in [3.8, 4) is 44.7 Å². The topological polar surface area (TPSA) is 61.4 Å². The summed E-state index contributed by atoms with van der Waals surface area (Å²) >= 11 is 1.15. The van der Waals surface area contributed by atoms with Crippen molar-refractivity contribution in [2.24, 2.45) is 14.1 Å². The molecular formula is C24H16F6N6S. The zero-order valence-electron chi connectivity index (χ0n) is 19.1. The summed E-state index contributed by atoms with van der Waals surface area (Å²) in [5.74, 6) is 0.804. The van der Waals surface area contributed by atoms with Gasteiger partial charge in [-0.05, 0) is 11.5 Å². The van der Waals surface area contributed by atoms with Gasteiger partial charge in [0.25, 0.3) is 0 Å². The van der Waals surface area contributed by atoms with E-state index >= 15 is 0 Å². The predicted molar refractivity (Wildman–Crippen MR) is 125 cm³/mol. The van der Waals surface area contributed by atoms with E-state index in [-0.39, 0.29) is 11.6 Å². The van der Waals surface area contributed by atoms with E-state index in [1.54, 1.807) is 48.5 Å². The maximum atomic E-state index is 13.0. The Morgan fingerprint density at radius 2 is 1.00 bits per heavy atom. The first kappa shape index (κ1) is 24.7. The van der Waals surface area contributed by atoms with Crippen molar-refractivity contribution in [2.45, 2.75) is 12.4 Å². The van der Waals surface area contributed by atoms with Crippen LogP contribution in [-0.4, -0.2) is 28.5 Å². The summed E-state index contributed by atoms with van der Waals surface area (Å²) in [5, 5.41) is 0.598. The molecule has 0 spiro atoms. The average Bonchev–Trinajstić information content (AvgIpc) is 3.57. The van der Waals surface area contributed by atoms with Crippen LogP contribution in [0.1, 0.15) is 11.4 Å². The summed E-state index contributed by atoms with van der Waals surface area (Å²) in [6.07, 6.45) is -7.18. The van der Waals surface area contributed by atoms with Crippen LogP contribution in [0.5, 0.6) is 0 Å². The largest absolute Gasteiger partial charge is 0.434 e. The van der Waals surface area contributed by atoms with Crippen LogP contribution >= 0.6 is 11.5 Å². The standard InChI is InChI=1S/C24H16F6N6S/c1-35-11-17(23(25,26)27)31-20(35)14-5-3-13(4-6-14)19-33-22(37-34-19)16-9-7-15(8-10-16)21-32-18(12-36(21)2)24(28,29)30/h3-12H,1-2H3. The minimum Gasteiger partial charge on any atom is -0.333 e. The molecule has 13 heteroatoms. The van der Waals surface area contributed by atoms with Crippen molar-refractivity contribution in [1.82, 2.24) is 28.5 Å². The van der Waals surface area contributed by atoms with Gasteiger partial charge in [-0.2, -0.15) is 30.7 Å². The lowest BCUT2D eigenvalue weighted by Gasteiger charge is -2.03. The highest BCUT2D eigenvalue weighted by Crippen LogP contribution is 2.33. The van der Waals surface area contributed by atoms with Gasteiger partial charge in [-0.25, -0.2) is 15.0 Å². The van der Waals surface area contributed by atoms with Crippen LogP contribution in [0.15, 0.2) is 60.9 Å². The van der Waals surface area contributed by atoms with Crippen LogP contribution in [-0.2, 0) is 26.4 Å². The number of hydrogen-bond donors (Lipinski definition) is 0. The number of aromatic nitrogens is 6. The van der Waals surface area contributed by atoms with Crippen molar-refractivity contribution < 1.29 is 26.3 Å². The summed E-state index contributed by atoms with van der Waals surface area (Å²) in [6.45, 7) is 0. The van der Waals surface area contributed by atoms with E-state index in [9.17, 15) is 26.3 Å². The first-order valence-corrected chi connectivity index (χ1v) is 11.4. The summed E-state index contributed by atoms with van der Waals surface area (Å²) in [7, 11) is 2.99. The quantitative estimate of drug-likeness (QED) is 0.241. The van der Waals surface area contributed by atoms with Gasteiger partial charge in [0.1, 0.15) is 16.7 Å². The van der Waals surface area contributed by atoms with E-state index in [1.165, 1.54) is 23.2 Å². The molecule has 0 saturated heterocycles. The Hall–Kier alpha value is -4.00. The SMILES string of the molecule is Cn1cc(C(F)(F)F)nc1-c1ccc(-c2nsc(-c3ccc(-c4nc(C(F)(F)F)cn4C)cc3)n2)cc1. The molecule has 37 heavy (non-hydrogen) atoms. The smallest absolute Gasteiger partial charge is 0.333 e. The Bertz CT molecular complexity index is 1440. The maximum Gasteiger partial charge on any atom is 0.434 e. The van der Waals surface area contributed by atoms with E-state index < -0.39 is 23.7 Å². The monoisotopic (exact) mass is 534 g/mol. The van der Waals surface area contributed by atoms with Crippen LogP contribution in [0, 0.1) is 0 Å². The Labute approximate surface area is 210 Å². The Balaban J connectivity index is 1.36. The van der Waals surface area contributed by atoms with Gasteiger partial charge < -0.3 is 9.13 Å². The van der Waals surface area contributed by atoms with Crippen molar-refractivity contribution >= 4 is 11.5 Å². The Kier molecular flexibility index (Phi) is 5.89. The minimum atomic E-state index is -4.53. The van der Waals surface area contributed by atoms with Crippen molar-refractivity contribution in [3.05, 3.63) is 72.3 Å². The molecule has 0 aliphatic carbocycles.